The molecule has 2 aromatic heterocycles. The van der Waals surface area contributed by atoms with E-state index < -0.39 is 0 Å². The Kier molecular flexibility index (Phi) is 7.57. The molecule has 0 spiro atoms. The number of anilines is 6. The normalized spacial score (nSPS) is 11.9. The summed E-state index contributed by atoms with van der Waals surface area (Å²) in [5.41, 5.74) is 9.66. The van der Waals surface area contributed by atoms with Gasteiger partial charge in [-0.1, -0.05) is 133 Å². The van der Waals surface area contributed by atoms with E-state index in [4.69, 9.17) is 8.83 Å². The van der Waals surface area contributed by atoms with E-state index >= 15 is 0 Å². The van der Waals surface area contributed by atoms with Crippen molar-refractivity contribution >= 4 is 121 Å². The quantitative estimate of drug-likeness (QED) is 0.157. The van der Waals surface area contributed by atoms with Gasteiger partial charge in [0.1, 0.15) is 16.7 Å². The van der Waals surface area contributed by atoms with E-state index in [0.29, 0.717) is 0 Å². The molecule has 0 radical (unpaired) electrons. The zero-order valence-electron chi connectivity index (χ0n) is 33.5. The fourth-order valence-electron chi connectivity index (χ4n) is 9.79. The third-order valence-corrected chi connectivity index (χ3v) is 12.6. The van der Waals surface area contributed by atoms with Gasteiger partial charge in [-0.2, -0.15) is 0 Å². The number of hydrogen-bond acceptors (Lipinski definition) is 4. The molecule has 0 saturated carbocycles. The van der Waals surface area contributed by atoms with E-state index in [1.165, 1.54) is 26.9 Å². The topological polar surface area (TPSA) is 32.8 Å². The number of rotatable bonds is 6. The van der Waals surface area contributed by atoms with E-state index in [1.54, 1.807) is 0 Å². The third-order valence-electron chi connectivity index (χ3n) is 12.6. The first kappa shape index (κ1) is 34.5. The highest BCUT2D eigenvalue weighted by Gasteiger charge is 2.23. The molecule has 13 aromatic rings. The van der Waals surface area contributed by atoms with Gasteiger partial charge in [0, 0.05) is 55.7 Å². The summed E-state index contributed by atoms with van der Waals surface area (Å²) in [5.74, 6) is 0. The summed E-state index contributed by atoms with van der Waals surface area (Å²) in [6.45, 7) is 0. The van der Waals surface area contributed by atoms with Crippen molar-refractivity contribution in [3.63, 3.8) is 0 Å². The summed E-state index contributed by atoms with van der Waals surface area (Å²) in [7, 11) is 0. The minimum absolute atomic E-state index is 0.826. The molecule has 4 heteroatoms. The summed E-state index contributed by atoms with van der Waals surface area (Å²) in [6, 6.07) is 77.8. The summed E-state index contributed by atoms with van der Waals surface area (Å²) in [5, 5.41) is 13.9. The predicted molar refractivity (Wildman–Crippen MR) is 260 cm³/mol. The van der Waals surface area contributed by atoms with Crippen LogP contribution < -0.4 is 9.80 Å². The zero-order valence-corrected chi connectivity index (χ0v) is 33.5. The third kappa shape index (κ3) is 5.27. The molecule has 290 valence electrons. The van der Waals surface area contributed by atoms with Crippen molar-refractivity contribution in [2.24, 2.45) is 0 Å². The van der Waals surface area contributed by atoms with Gasteiger partial charge >= 0.3 is 0 Å². The second-order valence-corrected chi connectivity index (χ2v) is 16.0. The Morgan fingerprint density at radius 2 is 0.806 bits per heavy atom. The molecule has 4 nitrogen and oxygen atoms in total. The second kappa shape index (κ2) is 13.6. The standard InChI is InChI=1S/C58H36N2O2/c1-3-15-39(16-4-1)59(41-28-31-45-38(34-41)27-26-37-14-7-8-19-44(37)45)42-29-32-50-52(35-42)46-20-9-10-22-48(46)56-51-33-30-43(36-55(51)62-58(50)56)60(40-17-5-2-6-18-40)53-24-13-23-49-47-21-11-12-25-54(47)61-57(49)53/h1-36H. The molecule has 0 aliphatic rings. The van der Waals surface area contributed by atoms with Gasteiger partial charge in [0.25, 0.3) is 0 Å². The van der Waals surface area contributed by atoms with Gasteiger partial charge in [-0.15, -0.1) is 0 Å². The van der Waals surface area contributed by atoms with Crippen LogP contribution in [0, 0.1) is 0 Å². The Hall–Kier alpha value is -8.34. The van der Waals surface area contributed by atoms with Crippen LogP contribution in [-0.2, 0) is 0 Å². The van der Waals surface area contributed by atoms with Crippen LogP contribution in [0.15, 0.2) is 227 Å². The van der Waals surface area contributed by atoms with E-state index in [1.807, 2.05) is 12.1 Å². The van der Waals surface area contributed by atoms with Crippen LogP contribution in [0.3, 0.4) is 0 Å². The summed E-state index contributed by atoms with van der Waals surface area (Å²) in [4.78, 5) is 4.63. The van der Waals surface area contributed by atoms with Crippen molar-refractivity contribution in [1.82, 2.24) is 0 Å². The fraction of sp³-hybridized carbons (Fsp3) is 0. The average molecular weight is 793 g/mol. The molecule has 0 aliphatic carbocycles. The largest absolute Gasteiger partial charge is 0.455 e. The van der Waals surface area contributed by atoms with Gasteiger partial charge in [-0.25, -0.2) is 0 Å². The SMILES string of the molecule is c1ccc(N(c2ccc3c(ccc4ccccc43)c2)c2ccc3c(c2)c2ccccc2c2c4ccc(N(c5ccccc5)c5cccc6c5oc5ccccc56)cc4oc32)cc1. The lowest BCUT2D eigenvalue weighted by Gasteiger charge is -2.26. The van der Waals surface area contributed by atoms with Gasteiger partial charge in [0.05, 0.1) is 11.4 Å². The first-order valence-corrected chi connectivity index (χ1v) is 21.1. The lowest BCUT2D eigenvalue weighted by Crippen LogP contribution is -2.09. The van der Waals surface area contributed by atoms with E-state index in [-0.39, 0.29) is 0 Å². The van der Waals surface area contributed by atoms with Crippen LogP contribution in [0.1, 0.15) is 0 Å². The highest BCUT2D eigenvalue weighted by atomic mass is 16.3. The zero-order chi connectivity index (χ0) is 40.7. The average Bonchev–Trinajstić information content (AvgIpc) is 3.92. The van der Waals surface area contributed by atoms with Crippen molar-refractivity contribution in [2.45, 2.75) is 0 Å². The Balaban J connectivity index is 1.00. The molecule has 11 aromatic carbocycles. The number of para-hydroxylation sites is 4. The number of nitrogens with zero attached hydrogens (tertiary/aromatic N) is 2. The Bertz CT molecular complexity index is 3890. The lowest BCUT2D eigenvalue weighted by molar-refractivity contribution is 0.668. The molecule has 0 amide bonds. The van der Waals surface area contributed by atoms with Gasteiger partial charge in [-0.3, -0.25) is 0 Å². The van der Waals surface area contributed by atoms with Crippen LogP contribution in [-0.4, -0.2) is 0 Å². The number of benzene rings is 11. The molecule has 0 N–H and O–H groups in total. The Morgan fingerprint density at radius 3 is 1.61 bits per heavy atom. The maximum absolute atomic E-state index is 7.06. The van der Waals surface area contributed by atoms with E-state index in [0.717, 1.165) is 94.2 Å². The Labute approximate surface area is 356 Å². The van der Waals surface area contributed by atoms with Crippen LogP contribution in [0.2, 0.25) is 0 Å². The first-order chi connectivity index (χ1) is 30.7. The molecule has 2 heterocycles. The fourth-order valence-corrected chi connectivity index (χ4v) is 9.79. The van der Waals surface area contributed by atoms with Crippen LogP contribution in [0.5, 0.6) is 0 Å². The molecule has 0 saturated heterocycles. The molecule has 13 rings (SSSR count). The van der Waals surface area contributed by atoms with Crippen LogP contribution in [0.25, 0.3) is 87.0 Å². The molecular weight excluding hydrogens is 757 g/mol. The number of fused-ring (bicyclic) bond motifs is 14. The molecule has 0 fully saturated rings. The van der Waals surface area contributed by atoms with Crippen LogP contribution >= 0.6 is 0 Å². The molecule has 0 bridgehead atoms. The minimum Gasteiger partial charge on any atom is -0.455 e. The Morgan fingerprint density at radius 1 is 0.258 bits per heavy atom. The van der Waals surface area contributed by atoms with E-state index in [2.05, 4.69) is 216 Å². The number of hydrogen-bond donors (Lipinski definition) is 0. The smallest absolute Gasteiger partial charge is 0.159 e. The minimum atomic E-state index is 0.826. The molecule has 0 aliphatic heterocycles. The summed E-state index contributed by atoms with van der Waals surface area (Å²) < 4.78 is 13.6. The maximum Gasteiger partial charge on any atom is 0.159 e. The molecule has 0 atom stereocenters. The molecule has 0 unspecified atom stereocenters. The predicted octanol–water partition coefficient (Wildman–Crippen LogP) is 17.0. The summed E-state index contributed by atoms with van der Waals surface area (Å²) in [6.07, 6.45) is 0. The van der Waals surface area contributed by atoms with Gasteiger partial charge in [-0.05, 0) is 117 Å². The molecule has 62 heavy (non-hydrogen) atoms. The first-order valence-electron chi connectivity index (χ1n) is 21.1. The van der Waals surface area contributed by atoms with Crippen molar-refractivity contribution in [1.29, 1.82) is 0 Å². The van der Waals surface area contributed by atoms with Gasteiger partial charge < -0.3 is 18.6 Å². The van der Waals surface area contributed by atoms with Crippen molar-refractivity contribution in [2.75, 3.05) is 9.80 Å². The van der Waals surface area contributed by atoms with Crippen molar-refractivity contribution in [3.05, 3.63) is 218 Å². The van der Waals surface area contributed by atoms with Gasteiger partial charge in [0.15, 0.2) is 5.58 Å². The molecular formula is C58H36N2O2. The van der Waals surface area contributed by atoms with Gasteiger partial charge in [0.2, 0.25) is 0 Å². The van der Waals surface area contributed by atoms with Crippen LogP contribution in [0.4, 0.5) is 34.1 Å². The van der Waals surface area contributed by atoms with Crippen molar-refractivity contribution < 1.29 is 8.83 Å². The number of furan rings is 2. The monoisotopic (exact) mass is 792 g/mol. The van der Waals surface area contributed by atoms with E-state index in [9.17, 15) is 0 Å². The van der Waals surface area contributed by atoms with Crippen molar-refractivity contribution in [3.8, 4) is 0 Å². The second-order valence-electron chi connectivity index (χ2n) is 16.0. The highest BCUT2D eigenvalue weighted by molar-refractivity contribution is 6.30. The highest BCUT2D eigenvalue weighted by Crippen LogP contribution is 2.47. The summed E-state index contributed by atoms with van der Waals surface area (Å²) >= 11 is 0. The maximum atomic E-state index is 7.06. The lowest BCUT2D eigenvalue weighted by atomic mass is 9.96.